The molecule has 1 unspecified atom stereocenters. The second kappa shape index (κ2) is 7.74. The van der Waals surface area contributed by atoms with Crippen molar-refractivity contribution in [3.63, 3.8) is 0 Å². The summed E-state index contributed by atoms with van der Waals surface area (Å²) in [4.78, 5) is 0. The Labute approximate surface area is 101 Å². The molecule has 0 spiro atoms. The zero-order chi connectivity index (χ0) is 11.8. The standard InChI is InChI=1S/C15H26O/c1-3-5-7-13-9-11-14(12-10-13)15(16)8-6-4-2/h13-16H,3,5,7-12H2,1-2H3. The number of aliphatic hydroxyl groups excluding tert-OH is 1. The van der Waals surface area contributed by atoms with Gasteiger partial charge in [-0.3, -0.25) is 0 Å². The van der Waals surface area contributed by atoms with Crippen molar-refractivity contribution >= 4 is 0 Å². The molecule has 1 rings (SSSR count). The van der Waals surface area contributed by atoms with Crippen LogP contribution < -0.4 is 0 Å². The van der Waals surface area contributed by atoms with Crippen molar-refractivity contribution in [3.05, 3.63) is 0 Å². The number of hydrogen-bond acceptors (Lipinski definition) is 1. The molecule has 0 amide bonds. The van der Waals surface area contributed by atoms with Gasteiger partial charge in [-0.05, 0) is 31.6 Å². The van der Waals surface area contributed by atoms with E-state index >= 15 is 0 Å². The van der Waals surface area contributed by atoms with Gasteiger partial charge < -0.3 is 5.11 Å². The molecular formula is C15H26O. The summed E-state index contributed by atoms with van der Waals surface area (Å²) in [7, 11) is 0. The Bertz CT molecular complexity index is 228. The smallest absolute Gasteiger partial charge is 0.0677 e. The molecule has 0 aromatic heterocycles. The quantitative estimate of drug-likeness (QED) is 0.702. The van der Waals surface area contributed by atoms with Gasteiger partial charge in [-0.15, -0.1) is 11.8 Å². The first-order valence-corrected chi connectivity index (χ1v) is 6.85. The van der Waals surface area contributed by atoms with E-state index < -0.39 is 0 Å². The molecule has 1 aliphatic carbocycles. The molecule has 16 heavy (non-hydrogen) atoms. The van der Waals surface area contributed by atoms with Gasteiger partial charge in [-0.1, -0.05) is 39.0 Å². The van der Waals surface area contributed by atoms with E-state index in [1.807, 2.05) is 6.92 Å². The van der Waals surface area contributed by atoms with Crippen LogP contribution in [0.4, 0.5) is 0 Å². The maximum absolute atomic E-state index is 9.96. The van der Waals surface area contributed by atoms with Gasteiger partial charge in [0.2, 0.25) is 0 Å². The molecule has 0 aromatic rings. The first-order valence-electron chi connectivity index (χ1n) is 6.85. The van der Waals surface area contributed by atoms with Crippen molar-refractivity contribution in [1.82, 2.24) is 0 Å². The monoisotopic (exact) mass is 222 g/mol. The molecule has 0 heterocycles. The van der Waals surface area contributed by atoms with E-state index in [4.69, 9.17) is 0 Å². The lowest BCUT2D eigenvalue weighted by Crippen LogP contribution is -2.25. The predicted molar refractivity (Wildman–Crippen MR) is 69.0 cm³/mol. The highest BCUT2D eigenvalue weighted by atomic mass is 16.3. The van der Waals surface area contributed by atoms with Gasteiger partial charge in [0.1, 0.15) is 0 Å². The van der Waals surface area contributed by atoms with Crippen LogP contribution in [0.25, 0.3) is 0 Å². The number of unbranched alkanes of at least 4 members (excludes halogenated alkanes) is 1. The first kappa shape index (κ1) is 13.6. The molecule has 1 nitrogen and oxygen atoms in total. The maximum Gasteiger partial charge on any atom is 0.0677 e. The van der Waals surface area contributed by atoms with Crippen LogP contribution in [0, 0.1) is 23.7 Å². The van der Waals surface area contributed by atoms with Crippen LogP contribution in [0.15, 0.2) is 0 Å². The SMILES string of the molecule is CC#CCC(O)C1CCC(CCCC)CC1. The van der Waals surface area contributed by atoms with Gasteiger partial charge in [-0.2, -0.15) is 0 Å². The Morgan fingerprint density at radius 3 is 2.50 bits per heavy atom. The highest BCUT2D eigenvalue weighted by molar-refractivity contribution is 4.98. The third-order valence-electron chi connectivity index (χ3n) is 3.89. The highest BCUT2D eigenvalue weighted by Gasteiger charge is 2.25. The molecule has 1 N–H and O–H groups in total. The lowest BCUT2D eigenvalue weighted by Gasteiger charge is -2.30. The number of rotatable bonds is 5. The van der Waals surface area contributed by atoms with Gasteiger partial charge in [0.25, 0.3) is 0 Å². The third-order valence-corrected chi connectivity index (χ3v) is 3.89. The molecule has 1 heteroatoms. The van der Waals surface area contributed by atoms with E-state index in [9.17, 15) is 5.11 Å². The minimum absolute atomic E-state index is 0.181. The Balaban J connectivity index is 2.22. The van der Waals surface area contributed by atoms with E-state index in [0.717, 1.165) is 5.92 Å². The number of aliphatic hydroxyl groups is 1. The van der Waals surface area contributed by atoms with Crippen LogP contribution in [0.1, 0.15) is 65.2 Å². The molecule has 0 bridgehead atoms. The molecule has 0 aromatic carbocycles. The summed E-state index contributed by atoms with van der Waals surface area (Å²) in [5, 5.41) is 9.96. The summed E-state index contributed by atoms with van der Waals surface area (Å²) in [6, 6.07) is 0. The minimum atomic E-state index is -0.181. The van der Waals surface area contributed by atoms with Crippen molar-refractivity contribution in [2.24, 2.45) is 11.8 Å². The fraction of sp³-hybridized carbons (Fsp3) is 0.867. The molecule has 0 aliphatic heterocycles. The van der Waals surface area contributed by atoms with Gasteiger partial charge in [0.15, 0.2) is 0 Å². The summed E-state index contributed by atoms with van der Waals surface area (Å²) in [5.41, 5.74) is 0. The number of hydrogen-bond donors (Lipinski definition) is 1. The summed E-state index contributed by atoms with van der Waals surface area (Å²) in [5.74, 6) is 7.30. The Hall–Kier alpha value is -0.480. The molecule has 1 atom stereocenters. The predicted octanol–water partition coefficient (Wildman–Crippen LogP) is 3.76. The summed E-state index contributed by atoms with van der Waals surface area (Å²) in [6.07, 6.45) is 9.63. The van der Waals surface area contributed by atoms with Gasteiger partial charge in [-0.25, -0.2) is 0 Å². The lowest BCUT2D eigenvalue weighted by atomic mass is 9.77. The Morgan fingerprint density at radius 2 is 1.94 bits per heavy atom. The molecular weight excluding hydrogens is 196 g/mol. The van der Waals surface area contributed by atoms with E-state index in [1.165, 1.54) is 44.9 Å². The van der Waals surface area contributed by atoms with Crippen molar-refractivity contribution in [2.45, 2.75) is 71.3 Å². The minimum Gasteiger partial charge on any atom is -0.392 e. The molecule has 0 radical (unpaired) electrons. The van der Waals surface area contributed by atoms with E-state index in [2.05, 4.69) is 18.8 Å². The summed E-state index contributed by atoms with van der Waals surface area (Å²) < 4.78 is 0. The molecule has 0 saturated heterocycles. The van der Waals surface area contributed by atoms with Crippen molar-refractivity contribution in [1.29, 1.82) is 0 Å². The summed E-state index contributed by atoms with van der Waals surface area (Å²) >= 11 is 0. The zero-order valence-electron chi connectivity index (χ0n) is 10.8. The van der Waals surface area contributed by atoms with E-state index in [1.54, 1.807) is 0 Å². The van der Waals surface area contributed by atoms with Crippen molar-refractivity contribution in [2.75, 3.05) is 0 Å². The van der Waals surface area contributed by atoms with Gasteiger partial charge in [0, 0.05) is 6.42 Å². The molecule has 1 saturated carbocycles. The molecule has 1 fully saturated rings. The van der Waals surface area contributed by atoms with Crippen LogP contribution in [-0.2, 0) is 0 Å². The third kappa shape index (κ3) is 4.58. The Kier molecular flexibility index (Phi) is 6.57. The van der Waals surface area contributed by atoms with Crippen LogP contribution in [-0.4, -0.2) is 11.2 Å². The second-order valence-electron chi connectivity index (χ2n) is 5.12. The maximum atomic E-state index is 9.96. The summed E-state index contributed by atoms with van der Waals surface area (Å²) in [6.45, 7) is 4.10. The molecule has 1 aliphatic rings. The van der Waals surface area contributed by atoms with Crippen molar-refractivity contribution < 1.29 is 5.11 Å². The second-order valence-corrected chi connectivity index (χ2v) is 5.12. The Morgan fingerprint density at radius 1 is 1.25 bits per heavy atom. The average molecular weight is 222 g/mol. The lowest BCUT2D eigenvalue weighted by molar-refractivity contribution is 0.0763. The average Bonchev–Trinajstić information content (AvgIpc) is 2.34. The van der Waals surface area contributed by atoms with Gasteiger partial charge in [0.05, 0.1) is 6.10 Å². The largest absolute Gasteiger partial charge is 0.392 e. The first-order chi connectivity index (χ1) is 7.77. The van der Waals surface area contributed by atoms with Crippen LogP contribution in [0.5, 0.6) is 0 Å². The van der Waals surface area contributed by atoms with Crippen molar-refractivity contribution in [3.8, 4) is 11.8 Å². The zero-order valence-corrected chi connectivity index (χ0v) is 10.8. The van der Waals surface area contributed by atoms with Gasteiger partial charge >= 0.3 is 0 Å². The highest BCUT2D eigenvalue weighted by Crippen LogP contribution is 2.34. The van der Waals surface area contributed by atoms with E-state index in [-0.39, 0.29) is 6.10 Å². The van der Waals surface area contributed by atoms with Crippen LogP contribution in [0.3, 0.4) is 0 Å². The topological polar surface area (TPSA) is 20.2 Å². The van der Waals surface area contributed by atoms with Crippen LogP contribution >= 0.6 is 0 Å². The normalized spacial score (nSPS) is 26.9. The molecule has 92 valence electrons. The van der Waals surface area contributed by atoms with Crippen LogP contribution in [0.2, 0.25) is 0 Å². The fourth-order valence-corrected chi connectivity index (χ4v) is 2.73. The van der Waals surface area contributed by atoms with E-state index in [0.29, 0.717) is 12.3 Å². The fourth-order valence-electron chi connectivity index (χ4n) is 2.73.